The van der Waals surface area contributed by atoms with Crippen LogP contribution in [0.5, 0.6) is 0 Å². The summed E-state index contributed by atoms with van der Waals surface area (Å²) in [6.07, 6.45) is 5.11. The fourth-order valence-electron chi connectivity index (χ4n) is 4.17. The van der Waals surface area contributed by atoms with E-state index in [1.54, 1.807) is 24.3 Å². The third-order valence-electron chi connectivity index (χ3n) is 5.63. The molecule has 4 heteroatoms. The SMILES string of the molecule is CN(C)CC1CCCCCC1OC(=O)C(O)(c1ccccc1)c1ccccc1. The van der Waals surface area contributed by atoms with Crippen molar-refractivity contribution in [2.75, 3.05) is 20.6 Å². The van der Waals surface area contributed by atoms with Gasteiger partial charge in [0, 0.05) is 12.5 Å². The lowest BCUT2D eigenvalue weighted by Crippen LogP contribution is -2.43. The van der Waals surface area contributed by atoms with Crippen molar-refractivity contribution in [3.63, 3.8) is 0 Å². The van der Waals surface area contributed by atoms with Gasteiger partial charge in [0.1, 0.15) is 6.10 Å². The Bertz CT molecular complexity index is 705. The molecule has 150 valence electrons. The first-order valence-electron chi connectivity index (χ1n) is 10.2. The summed E-state index contributed by atoms with van der Waals surface area (Å²) in [5, 5.41) is 11.6. The molecular formula is C24H31NO3. The molecule has 0 aromatic heterocycles. The van der Waals surface area contributed by atoms with Gasteiger partial charge in [-0.1, -0.05) is 73.5 Å². The molecule has 2 aromatic carbocycles. The smallest absolute Gasteiger partial charge is 0.347 e. The molecule has 1 aliphatic rings. The highest BCUT2D eigenvalue weighted by atomic mass is 16.6. The summed E-state index contributed by atoms with van der Waals surface area (Å²) in [7, 11) is 4.10. The van der Waals surface area contributed by atoms with Gasteiger partial charge in [-0.25, -0.2) is 4.79 Å². The van der Waals surface area contributed by atoms with E-state index in [2.05, 4.69) is 4.90 Å². The van der Waals surface area contributed by atoms with Gasteiger partial charge < -0.3 is 14.7 Å². The topological polar surface area (TPSA) is 49.8 Å². The van der Waals surface area contributed by atoms with Crippen molar-refractivity contribution in [3.8, 4) is 0 Å². The number of rotatable bonds is 6. The van der Waals surface area contributed by atoms with Crippen LogP contribution in [0.3, 0.4) is 0 Å². The van der Waals surface area contributed by atoms with Crippen LogP contribution in [0.1, 0.15) is 43.2 Å². The van der Waals surface area contributed by atoms with Crippen LogP contribution in [0, 0.1) is 5.92 Å². The van der Waals surface area contributed by atoms with Gasteiger partial charge in [-0.15, -0.1) is 0 Å². The molecule has 0 radical (unpaired) electrons. The summed E-state index contributed by atoms with van der Waals surface area (Å²) in [5.41, 5.74) is -0.745. The maximum absolute atomic E-state index is 13.4. The molecule has 4 nitrogen and oxygen atoms in total. The first-order valence-corrected chi connectivity index (χ1v) is 10.2. The lowest BCUT2D eigenvalue weighted by Gasteiger charge is -2.32. The van der Waals surface area contributed by atoms with Crippen molar-refractivity contribution in [1.29, 1.82) is 0 Å². The Morgan fingerprint density at radius 1 is 0.964 bits per heavy atom. The molecule has 0 heterocycles. The minimum absolute atomic E-state index is 0.170. The van der Waals surface area contributed by atoms with E-state index in [0.29, 0.717) is 11.1 Å². The Morgan fingerprint density at radius 3 is 2.04 bits per heavy atom. The van der Waals surface area contributed by atoms with Crippen LogP contribution < -0.4 is 0 Å². The van der Waals surface area contributed by atoms with E-state index in [4.69, 9.17) is 4.74 Å². The molecule has 1 aliphatic carbocycles. The molecule has 2 aromatic rings. The summed E-state index contributed by atoms with van der Waals surface area (Å²) in [4.78, 5) is 15.5. The van der Waals surface area contributed by atoms with Gasteiger partial charge in [0.15, 0.2) is 0 Å². The highest BCUT2D eigenvalue weighted by molar-refractivity contribution is 5.85. The number of benzene rings is 2. The second-order valence-electron chi connectivity index (χ2n) is 8.05. The maximum atomic E-state index is 13.4. The number of ether oxygens (including phenoxy) is 1. The van der Waals surface area contributed by atoms with Crippen LogP contribution in [0.15, 0.2) is 60.7 Å². The highest BCUT2D eigenvalue weighted by Crippen LogP contribution is 2.34. The zero-order valence-electron chi connectivity index (χ0n) is 16.9. The zero-order chi connectivity index (χ0) is 20.0. The third-order valence-corrected chi connectivity index (χ3v) is 5.63. The van der Waals surface area contributed by atoms with Crippen LogP contribution in [0.4, 0.5) is 0 Å². The fourth-order valence-corrected chi connectivity index (χ4v) is 4.17. The molecule has 0 aliphatic heterocycles. The minimum Gasteiger partial charge on any atom is -0.459 e. The number of carbonyl (C=O) groups is 1. The van der Waals surface area contributed by atoms with E-state index < -0.39 is 11.6 Å². The van der Waals surface area contributed by atoms with Crippen molar-refractivity contribution in [2.45, 2.75) is 43.8 Å². The zero-order valence-corrected chi connectivity index (χ0v) is 16.9. The van der Waals surface area contributed by atoms with Crippen LogP contribution >= 0.6 is 0 Å². The monoisotopic (exact) mass is 381 g/mol. The summed E-state index contributed by atoms with van der Waals surface area (Å²) in [5.74, 6) is -0.294. The van der Waals surface area contributed by atoms with Crippen LogP contribution in [0.25, 0.3) is 0 Å². The Hall–Kier alpha value is -2.17. The Balaban J connectivity index is 1.91. The number of carbonyl (C=O) groups excluding carboxylic acids is 1. The number of hydrogen-bond donors (Lipinski definition) is 1. The second kappa shape index (κ2) is 9.35. The Kier molecular flexibility index (Phi) is 6.87. The fraction of sp³-hybridized carbons (Fsp3) is 0.458. The predicted molar refractivity (Wildman–Crippen MR) is 111 cm³/mol. The third kappa shape index (κ3) is 4.62. The standard InChI is InChI=1S/C24H31NO3/c1-25(2)18-19-12-6-3-11-17-22(19)28-23(26)24(27,20-13-7-4-8-14-20)21-15-9-5-10-16-21/h4-5,7-10,13-16,19,22,27H,3,6,11-12,17-18H2,1-2H3. The molecule has 1 N–H and O–H groups in total. The lowest BCUT2D eigenvalue weighted by atomic mass is 9.86. The summed E-state index contributed by atoms with van der Waals surface area (Å²) in [6.45, 7) is 0.882. The first kappa shape index (κ1) is 20.6. The molecule has 1 fully saturated rings. The number of nitrogens with zero attached hydrogens (tertiary/aromatic N) is 1. The number of aliphatic hydroxyl groups is 1. The first-order chi connectivity index (χ1) is 13.5. The average molecular weight is 382 g/mol. The maximum Gasteiger partial charge on any atom is 0.347 e. The van der Waals surface area contributed by atoms with E-state index in [0.717, 1.165) is 32.2 Å². The van der Waals surface area contributed by atoms with E-state index in [1.807, 2.05) is 50.5 Å². The van der Waals surface area contributed by atoms with Crippen LogP contribution in [-0.2, 0) is 15.1 Å². The molecule has 1 saturated carbocycles. The molecule has 3 rings (SSSR count). The molecule has 2 atom stereocenters. The molecule has 0 spiro atoms. The lowest BCUT2D eigenvalue weighted by molar-refractivity contribution is -0.171. The van der Waals surface area contributed by atoms with E-state index in [9.17, 15) is 9.90 Å². The van der Waals surface area contributed by atoms with Gasteiger partial charge in [-0.3, -0.25) is 0 Å². The molecule has 0 amide bonds. The Labute approximate surface area is 168 Å². The quantitative estimate of drug-likeness (QED) is 0.607. The Morgan fingerprint density at radius 2 is 1.50 bits per heavy atom. The van der Waals surface area contributed by atoms with Gasteiger partial charge >= 0.3 is 5.97 Å². The predicted octanol–water partition coefficient (Wildman–Crippen LogP) is 3.98. The van der Waals surface area contributed by atoms with Crippen molar-refractivity contribution >= 4 is 5.97 Å². The van der Waals surface area contributed by atoms with E-state index in [1.165, 1.54) is 6.42 Å². The average Bonchev–Trinajstić information content (AvgIpc) is 2.93. The van der Waals surface area contributed by atoms with Gasteiger partial charge in [0.25, 0.3) is 0 Å². The summed E-state index contributed by atoms with van der Waals surface area (Å²) < 4.78 is 6.04. The number of esters is 1. The van der Waals surface area contributed by atoms with Crippen molar-refractivity contribution in [2.24, 2.45) is 5.92 Å². The second-order valence-corrected chi connectivity index (χ2v) is 8.05. The van der Waals surface area contributed by atoms with E-state index >= 15 is 0 Å². The van der Waals surface area contributed by atoms with Gasteiger partial charge in [-0.2, -0.15) is 0 Å². The summed E-state index contributed by atoms with van der Waals surface area (Å²) >= 11 is 0. The molecule has 28 heavy (non-hydrogen) atoms. The molecule has 0 saturated heterocycles. The molecule has 2 unspecified atom stereocenters. The van der Waals surface area contributed by atoms with Gasteiger partial charge in [-0.05, 0) is 44.5 Å². The number of hydrogen-bond acceptors (Lipinski definition) is 4. The highest BCUT2D eigenvalue weighted by Gasteiger charge is 2.43. The largest absolute Gasteiger partial charge is 0.459 e. The summed E-state index contributed by atoms with van der Waals surface area (Å²) in [6, 6.07) is 18.2. The molecular weight excluding hydrogens is 350 g/mol. The van der Waals surface area contributed by atoms with Crippen LogP contribution in [-0.4, -0.2) is 42.7 Å². The van der Waals surface area contributed by atoms with E-state index in [-0.39, 0.29) is 12.0 Å². The van der Waals surface area contributed by atoms with Crippen LogP contribution in [0.2, 0.25) is 0 Å². The van der Waals surface area contributed by atoms with Gasteiger partial charge in [0.2, 0.25) is 5.60 Å². The van der Waals surface area contributed by atoms with Gasteiger partial charge in [0.05, 0.1) is 0 Å². The normalized spacial score (nSPS) is 20.6. The minimum atomic E-state index is -1.81. The van der Waals surface area contributed by atoms with Crippen molar-refractivity contribution < 1.29 is 14.6 Å². The molecule has 0 bridgehead atoms. The van der Waals surface area contributed by atoms with Crippen molar-refractivity contribution in [1.82, 2.24) is 4.90 Å². The van der Waals surface area contributed by atoms with Crippen molar-refractivity contribution in [3.05, 3.63) is 71.8 Å².